The van der Waals surface area contributed by atoms with E-state index in [1.54, 1.807) is 0 Å². The number of hydrogen-bond acceptors (Lipinski definition) is 5. The minimum atomic E-state index is -4.39. The van der Waals surface area contributed by atoms with Crippen LogP contribution in [0.4, 0.5) is 13.2 Å². The number of hydrogen-bond donors (Lipinski definition) is 0. The van der Waals surface area contributed by atoms with E-state index >= 15 is 0 Å². The van der Waals surface area contributed by atoms with Gasteiger partial charge in [-0.25, -0.2) is 0 Å². The molecule has 0 saturated heterocycles. The van der Waals surface area contributed by atoms with E-state index < -0.39 is 18.4 Å². The molecule has 0 N–H and O–H groups in total. The van der Waals surface area contributed by atoms with Gasteiger partial charge in [-0.1, -0.05) is 5.16 Å². The van der Waals surface area contributed by atoms with Crippen LogP contribution in [0.2, 0.25) is 0 Å². The molecule has 0 bridgehead atoms. The molecule has 0 aliphatic rings. The number of methoxy groups -OCH3 is 1. The molecule has 0 amide bonds. The molecule has 0 aliphatic carbocycles. The Hall–Kier alpha value is -1.44. The van der Waals surface area contributed by atoms with Crippen molar-refractivity contribution >= 4 is 5.78 Å². The first kappa shape index (κ1) is 12.6. The maximum absolute atomic E-state index is 11.9. The topological polar surface area (TPSA) is 65.2 Å². The second-order valence-electron chi connectivity index (χ2n) is 3.04. The molecule has 0 atom stereocenters. The van der Waals surface area contributed by atoms with Crippen LogP contribution in [-0.2, 0) is 22.4 Å². The molecule has 0 saturated carbocycles. The van der Waals surface area contributed by atoms with Gasteiger partial charge in [0.05, 0.1) is 6.42 Å². The second kappa shape index (κ2) is 5.06. The molecule has 1 rings (SSSR count). The van der Waals surface area contributed by atoms with Crippen LogP contribution in [-0.4, -0.2) is 35.8 Å². The number of Topliss-reactive ketones (excluding diaryl/α,β-unsaturated/α-hetero) is 1. The van der Waals surface area contributed by atoms with Gasteiger partial charge in [-0.2, -0.15) is 18.2 Å². The highest BCUT2D eigenvalue weighted by molar-refractivity contribution is 5.81. The van der Waals surface area contributed by atoms with Crippen molar-refractivity contribution in [2.75, 3.05) is 13.7 Å². The zero-order valence-electron chi connectivity index (χ0n) is 8.37. The molecule has 1 aromatic heterocycles. The SMILES string of the molecule is COCC(=O)Cc1nc(CC(F)(F)F)no1. The van der Waals surface area contributed by atoms with E-state index in [1.807, 2.05) is 0 Å². The summed E-state index contributed by atoms with van der Waals surface area (Å²) >= 11 is 0. The Labute approximate surface area is 88.6 Å². The Morgan fingerprint density at radius 1 is 1.50 bits per heavy atom. The third kappa shape index (κ3) is 4.39. The number of halogens is 3. The molecule has 90 valence electrons. The van der Waals surface area contributed by atoms with Crippen molar-refractivity contribution in [2.45, 2.75) is 19.0 Å². The summed E-state index contributed by atoms with van der Waals surface area (Å²) in [6.45, 7) is -0.142. The van der Waals surface area contributed by atoms with Gasteiger partial charge in [-0.15, -0.1) is 0 Å². The van der Waals surface area contributed by atoms with Crippen molar-refractivity contribution in [1.29, 1.82) is 0 Å². The predicted octanol–water partition coefficient (Wildman–Crippen LogP) is 0.932. The predicted molar refractivity (Wildman–Crippen MR) is 44.6 cm³/mol. The van der Waals surface area contributed by atoms with Crippen LogP contribution >= 0.6 is 0 Å². The lowest BCUT2D eigenvalue weighted by Gasteiger charge is -1.99. The van der Waals surface area contributed by atoms with E-state index in [0.717, 1.165) is 0 Å². The normalized spacial score (nSPS) is 11.8. The molecule has 1 heterocycles. The first-order chi connectivity index (χ1) is 7.40. The number of carbonyl (C=O) groups excluding carboxylic acids is 1. The Kier molecular flexibility index (Phi) is 3.99. The Balaban J connectivity index is 2.55. The molecule has 0 radical (unpaired) electrons. The van der Waals surface area contributed by atoms with Gasteiger partial charge in [0, 0.05) is 7.11 Å². The van der Waals surface area contributed by atoms with Crippen LogP contribution in [0.5, 0.6) is 0 Å². The van der Waals surface area contributed by atoms with Crippen molar-refractivity contribution in [3.8, 4) is 0 Å². The molecule has 0 aliphatic heterocycles. The maximum Gasteiger partial charge on any atom is 0.396 e. The lowest BCUT2D eigenvalue weighted by atomic mass is 10.3. The Morgan fingerprint density at radius 3 is 2.75 bits per heavy atom. The first-order valence-electron chi connectivity index (χ1n) is 4.29. The quantitative estimate of drug-likeness (QED) is 0.763. The summed E-state index contributed by atoms with van der Waals surface area (Å²) in [5, 5.41) is 3.12. The minimum absolute atomic E-state index is 0.138. The summed E-state index contributed by atoms with van der Waals surface area (Å²) in [6.07, 6.45) is -5.88. The van der Waals surface area contributed by atoms with Crippen LogP contribution in [0.1, 0.15) is 11.7 Å². The van der Waals surface area contributed by atoms with Gasteiger partial charge in [0.15, 0.2) is 11.6 Å². The minimum Gasteiger partial charge on any atom is -0.377 e. The fourth-order valence-electron chi connectivity index (χ4n) is 0.994. The van der Waals surface area contributed by atoms with E-state index in [0.29, 0.717) is 0 Å². The van der Waals surface area contributed by atoms with Gasteiger partial charge >= 0.3 is 6.18 Å². The van der Waals surface area contributed by atoms with Gasteiger partial charge in [0.25, 0.3) is 0 Å². The van der Waals surface area contributed by atoms with Crippen LogP contribution in [0.15, 0.2) is 4.52 Å². The van der Waals surface area contributed by atoms with Crippen molar-refractivity contribution in [3.05, 3.63) is 11.7 Å². The highest BCUT2D eigenvalue weighted by Gasteiger charge is 2.30. The number of carbonyl (C=O) groups is 1. The molecule has 1 aromatic rings. The maximum atomic E-state index is 11.9. The fraction of sp³-hybridized carbons (Fsp3) is 0.625. The molecule has 8 heteroatoms. The van der Waals surface area contributed by atoms with Gasteiger partial charge < -0.3 is 9.26 Å². The van der Waals surface area contributed by atoms with Gasteiger partial charge in [0.1, 0.15) is 13.0 Å². The lowest BCUT2D eigenvalue weighted by Crippen LogP contribution is -2.13. The first-order valence-corrected chi connectivity index (χ1v) is 4.29. The number of nitrogens with zero attached hydrogens (tertiary/aromatic N) is 2. The van der Waals surface area contributed by atoms with Crippen LogP contribution in [0.25, 0.3) is 0 Å². The van der Waals surface area contributed by atoms with E-state index in [4.69, 9.17) is 0 Å². The molecular weight excluding hydrogens is 229 g/mol. The van der Waals surface area contributed by atoms with Crippen molar-refractivity contribution in [3.63, 3.8) is 0 Å². The molecule has 0 unspecified atom stereocenters. The van der Waals surface area contributed by atoms with Crippen molar-refractivity contribution in [2.24, 2.45) is 0 Å². The summed E-state index contributed by atoms with van der Waals surface area (Å²) in [7, 11) is 1.33. The summed E-state index contributed by atoms with van der Waals surface area (Å²) in [5.74, 6) is -0.960. The average Bonchev–Trinajstić information content (AvgIpc) is 2.49. The van der Waals surface area contributed by atoms with E-state index in [-0.39, 0.29) is 24.7 Å². The lowest BCUT2D eigenvalue weighted by molar-refractivity contribution is -0.128. The summed E-state index contributed by atoms with van der Waals surface area (Å²) in [5.41, 5.74) is 0. The molecule has 16 heavy (non-hydrogen) atoms. The largest absolute Gasteiger partial charge is 0.396 e. The highest BCUT2D eigenvalue weighted by Crippen LogP contribution is 2.19. The number of ether oxygens (including phenoxy) is 1. The summed E-state index contributed by atoms with van der Waals surface area (Å²) in [4.78, 5) is 14.5. The van der Waals surface area contributed by atoms with Crippen LogP contribution in [0, 0.1) is 0 Å². The van der Waals surface area contributed by atoms with Gasteiger partial charge in [-0.05, 0) is 0 Å². The standard InChI is InChI=1S/C8H9F3N2O3/c1-15-4-5(14)2-7-12-6(13-16-7)3-8(9,10)11/h2-4H2,1H3. The molecule has 5 nitrogen and oxygen atoms in total. The van der Waals surface area contributed by atoms with E-state index in [9.17, 15) is 18.0 Å². The second-order valence-corrected chi connectivity index (χ2v) is 3.04. The van der Waals surface area contributed by atoms with E-state index in [2.05, 4.69) is 19.4 Å². The third-order valence-corrected chi connectivity index (χ3v) is 1.52. The van der Waals surface area contributed by atoms with Crippen molar-refractivity contribution in [1.82, 2.24) is 10.1 Å². The van der Waals surface area contributed by atoms with Crippen molar-refractivity contribution < 1.29 is 27.2 Å². The third-order valence-electron chi connectivity index (χ3n) is 1.52. The number of alkyl halides is 3. The average molecular weight is 238 g/mol. The van der Waals surface area contributed by atoms with Crippen LogP contribution in [0.3, 0.4) is 0 Å². The fourth-order valence-corrected chi connectivity index (χ4v) is 0.994. The zero-order valence-corrected chi connectivity index (χ0v) is 8.37. The molecule has 0 spiro atoms. The highest BCUT2D eigenvalue weighted by atomic mass is 19.4. The van der Waals surface area contributed by atoms with Gasteiger partial charge in [-0.3, -0.25) is 4.79 Å². The van der Waals surface area contributed by atoms with Gasteiger partial charge in [0.2, 0.25) is 5.89 Å². The van der Waals surface area contributed by atoms with Crippen LogP contribution < -0.4 is 0 Å². The number of rotatable bonds is 5. The summed E-state index contributed by atoms with van der Waals surface area (Å²) in [6, 6.07) is 0. The molecule has 0 fully saturated rings. The van der Waals surface area contributed by atoms with E-state index in [1.165, 1.54) is 7.11 Å². The molecule has 0 aromatic carbocycles. The smallest absolute Gasteiger partial charge is 0.377 e. The Bertz CT molecular complexity index is 362. The Morgan fingerprint density at radius 2 is 2.19 bits per heavy atom. The number of aromatic nitrogens is 2. The molecular formula is C8H9F3N2O3. The summed E-state index contributed by atoms with van der Waals surface area (Å²) < 4.78 is 44.8. The number of ketones is 1. The monoisotopic (exact) mass is 238 g/mol. The zero-order chi connectivity index (χ0) is 12.2.